The van der Waals surface area contributed by atoms with Crippen LogP contribution in [0.1, 0.15) is 26.3 Å². The van der Waals surface area contributed by atoms with Gasteiger partial charge in [0, 0.05) is 31.8 Å². The van der Waals surface area contributed by atoms with E-state index in [1.54, 1.807) is 32.0 Å². The molecule has 12 heteroatoms. The van der Waals surface area contributed by atoms with E-state index in [4.69, 9.17) is 5.73 Å². The summed E-state index contributed by atoms with van der Waals surface area (Å²) in [7, 11) is -3.70. The van der Waals surface area contributed by atoms with Gasteiger partial charge in [0.2, 0.25) is 5.91 Å². The highest BCUT2D eigenvalue weighted by Gasteiger charge is 2.44. The maximum Gasteiger partial charge on any atom is 0.252 e. The second-order valence-electron chi connectivity index (χ2n) is 8.60. The number of aromatic nitrogens is 3. The molecule has 2 aromatic heterocycles. The van der Waals surface area contributed by atoms with Gasteiger partial charge < -0.3 is 15.5 Å². The Hall–Kier alpha value is -3.98. The summed E-state index contributed by atoms with van der Waals surface area (Å²) in [6, 6.07) is 8.24. The first-order valence-electron chi connectivity index (χ1n) is 10.3. The van der Waals surface area contributed by atoms with Gasteiger partial charge in [0.25, 0.3) is 5.91 Å². The second-order valence-corrected chi connectivity index (χ2v) is 10.6. The van der Waals surface area contributed by atoms with Gasteiger partial charge in [0.15, 0.2) is 15.7 Å². The summed E-state index contributed by atoms with van der Waals surface area (Å²) >= 11 is 0. The monoisotopic (exact) mass is 481 g/mol. The predicted molar refractivity (Wildman–Crippen MR) is 124 cm³/mol. The number of nitrogens with zero attached hydrogens (tertiary/aromatic N) is 6. The molecule has 2 amide bonds. The molecule has 0 radical (unpaired) electrons. The van der Waals surface area contributed by atoms with Crippen LogP contribution in [0.5, 0.6) is 0 Å². The van der Waals surface area contributed by atoms with E-state index in [9.17, 15) is 23.3 Å². The van der Waals surface area contributed by atoms with E-state index in [2.05, 4.69) is 16.2 Å². The van der Waals surface area contributed by atoms with Gasteiger partial charge in [-0.1, -0.05) is 6.07 Å². The molecule has 0 spiro atoms. The third-order valence-electron chi connectivity index (χ3n) is 6.02. The summed E-state index contributed by atoms with van der Waals surface area (Å²) in [5.41, 5.74) is 6.58. The second kappa shape index (κ2) is 7.81. The molecule has 2 N–H and O–H groups in total. The molecular formula is C22H23N7O4S. The third kappa shape index (κ3) is 3.54. The molecule has 1 fully saturated rings. The number of amides is 2. The molecule has 1 aliphatic heterocycles. The van der Waals surface area contributed by atoms with Crippen LogP contribution in [0.4, 0.5) is 11.5 Å². The lowest BCUT2D eigenvalue weighted by Crippen LogP contribution is -2.64. The Morgan fingerprint density at radius 3 is 2.56 bits per heavy atom. The van der Waals surface area contributed by atoms with Crippen molar-refractivity contribution in [3.63, 3.8) is 0 Å². The van der Waals surface area contributed by atoms with Crippen LogP contribution in [0.15, 0.2) is 35.5 Å². The average molecular weight is 482 g/mol. The van der Waals surface area contributed by atoms with Crippen LogP contribution in [0, 0.1) is 11.3 Å². The minimum Gasteiger partial charge on any atom is -0.382 e. The van der Waals surface area contributed by atoms with Crippen LogP contribution in [0.3, 0.4) is 0 Å². The van der Waals surface area contributed by atoms with Gasteiger partial charge in [-0.2, -0.15) is 10.4 Å². The van der Waals surface area contributed by atoms with Crippen LogP contribution in [0.25, 0.3) is 16.8 Å². The zero-order valence-electron chi connectivity index (χ0n) is 19.1. The number of hydrogen-bond acceptors (Lipinski definition) is 8. The highest BCUT2D eigenvalue weighted by atomic mass is 32.2. The summed E-state index contributed by atoms with van der Waals surface area (Å²) in [4.78, 5) is 32.3. The van der Waals surface area contributed by atoms with E-state index in [0.29, 0.717) is 16.8 Å². The standard InChI is InChI=1S/C22H23N7O4S/c1-13(30)28-8-7-27(21(31)22(28,2)3)17-9-14(5-6-18(17)34(4,32)33)16-10-15(11-23)19-20(24)25-12-26-29(16)19/h5-6,9-10,12H,7-8H2,1-4H3,(H2,24,25,26). The first-order valence-corrected chi connectivity index (χ1v) is 12.2. The van der Waals surface area contributed by atoms with Crippen molar-refractivity contribution < 1.29 is 18.0 Å². The largest absolute Gasteiger partial charge is 0.382 e. The molecule has 1 aliphatic rings. The van der Waals surface area contributed by atoms with Gasteiger partial charge in [0.1, 0.15) is 23.5 Å². The molecule has 3 heterocycles. The number of sulfone groups is 1. The number of rotatable bonds is 3. The van der Waals surface area contributed by atoms with Gasteiger partial charge in [-0.05, 0) is 32.0 Å². The summed E-state index contributed by atoms with van der Waals surface area (Å²) < 4.78 is 26.7. The van der Waals surface area contributed by atoms with Crippen LogP contribution < -0.4 is 10.6 Å². The fraction of sp³-hybridized carbons (Fsp3) is 0.318. The van der Waals surface area contributed by atoms with Crippen molar-refractivity contribution in [2.45, 2.75) is 31.2 Å². The Morgan fingerprint density at radius 2 is 1.94 bits per heavy atom. The van der Waals surface area contributed by atoms with E-state index >= 15 is 0 Å². The molecule has 1 saturated heterocycles. The fourth-order valence-corrected chi connectivity index (χ4v) is 5.23. The molecule has 11 nitrogen and oxygen atoms in total. The predicted octanol–water partition coefficient (Wildman–Crippen LogP) is 1.23. The van der Waals surface area contributed by atoms with Gasteiger partial charge in [-0.15, -0.1) is 0 Å². The van der Waals surface area contributed by atoms with Crippen LogP contribution >= 0.6 is 0 Å². The quantitative estimate of drug-likeness (QED) is 0.586. The van der Waals surface area contributed by atoms with Crippen molar-refractivity contribution in [1.82, 2.24) is 19.5 Å². The normalized spacial score (nSPS) is 16.0. The number of anilines is 2. The molecule has 3 aromatic rings. The zero-order valence-corrected chi connectivity index (χ0v) is 19.9. The Morgan fingerprint density at radius 1 is 1.24 bits per heavy atom. The molecule has 0 atom stereocenters. The molecule has 0 bridgehead atoms. The van der Waals surface area contributed by atoms with Crippen molar-refractivity contribution in [2.75, 3.05) is 30.0 Å². The molecule has 176 valence electrons. The topological polar surface area (TPSA) is 155 Å². The van der Waals surface area contributed by atoms with Crippen molar-refractivity contribution >= 4 is 38.7 Å². The van der Waals surface area contributed by atoms with Crippen molar-refractivity contribution in [2.24, 2.45) is 0 Å². The third-order valence-corrected chi connectivity index (χ3v) is 7.16. The molecule has 4 rings (SSSR count). The Balaban J connectivity index is 1.93. The van der Waals surface area contributed by atoms with E-state index in [-0.39, 0.29) is 41.0 Å². The average Bonchev–Trinajstić information content (AvgIpc) is 3.14. The molecule has 0 aliphatic carbocycles. The summed E-state index contributed by atoms with van der Waals surface area (Å²) in [6.07, 6.45) is 2.33. The molecule has 34 heavy (non-hydrogen) atoms. The summed E-state index contributed by atoms with van der Waals surface area (Å²) in [5, 5.41) is 13.8. The van der Waals surface area contributed by atoms with E-state index < -0.39 is 21.3 Å². The number of piperazine rings is 1. The summed E-state index contributed by atoms with van der Waals surface area (Å²) in [5.74, 6) is -0.514. The number of nitrogens with two attached hydrogens (primary N) is 1. The number of benzene rings is 1. The number of hydrogen-bond donors (Lipinski definition) is 1. The van der Waals surface area contributed by atoms with Gasteiger partial charge >= 0.3 is 0 Å². The Bertz CT molecular complexity index is 1500. The lowest BCUT2D eigenvalue weighted by atomic mass is 9.96. The van der Waals surface area contributed by atoms with Gasteiger partial charge in [0.05, 0.1) is 21.8 Å². The van der Waals surface area contributed by atoms with Crippen molar-refractivity contribution in [3.05, 3.63) is 36.2 Å². The van der Waals surface area contributed by atoms with Crippen LogP contribution in [0.2, 0.25) is 0 Å². The number of fused-ring (bicyclic) bond motifs is 1. The lowest BCUT2D eigenvalue weighted by molar-refractivity contribution is -0.145. The van der Waals surface area contributed by atoms with Crippen molar-refractivity contribution in [1.29, 1.82) is 5.26 Å². The number of carbonyl (C=O) groups excluding carboxylic acids is 2. The molecule has 0 unspecified atom stereocenters. The van der Waals surface area contributed by atoms with E-state index in [1.165, 1.54) is 33.6 Å². The summed E-state index contributed by atoms with van der Waals surface area (Å²) in [6.45, 7) is 5.03. The maximum absolute atomic E-state index is 13.4. The van der Waals surface area contributed by atoms with Crippen LogP contribution in [-0.2, 0) is 19.4 Å². The van der Waals surface area contributed by atoms with E-state index in [1.807, 2.05) is 0 Å². The Kier molecular flexibility index (Phi) is 5.32. The van der Waals surface area contributed by atoms with Crippen molar-refractivity contribution in [3.8, 4) is 17.3 Å². The highest BCUT2D eigenvalue weighted by molar-refractivity contribution is 7.90. The maximum atomic E-state index is 13.4. The highest BCUT2D eigenvalue weighted by Crippen LogP contribution is 2.36. The van der Waals surface area contributed by atoms with Crippen LogP contribution in [-0.4, -0.2) is 64.6 Å². The fourth-order valence-electron chi connectivity index (χ4n) is 4.37. The number of nitrogen functional groups attached to an aromatic ring is 1. The minimum absolute atomic E-state index is 0.0211. The zero-order chi connectivity index (χ0) is 25.0. The smallest absolute Gasteiger partial charge is 0.252 e. The molecular weight excluding hydrogens is 458 g/mol. The Labute approximate surface area is 196 Å². The SMILES string of the molecule is CC(=O)N1CCN(c2cc(-c3cc(C#N)c4c(N)ncnn34)ccc2S(C)(=O)=O)C(=O)C1(C)C. The van der Waals surface area contributed by atoms with Gasteiger partial charge in [-0.3, -0.25) is 9.59 Å². The number of nitriles is 1. The first-order chi connectivity index (χ1) is 15.9. The lowest BCUT2D eigenvalue weighted by Gasteiger charge is -2.45. The molecule has 0 saturated carbocycles. The molecule has 1 aromatic carbocycles. The van der Waals surface area contributed by atoms with Gasteiger partial charge in [-0.25, -0.2) is 17.9 Å². The minimum atomic E-state index is -3.70. The first kappa shape index (κ1) is 23.2. The number of carbonyl (C=O) groups is 2. The van der Waals surface area contributed by atoms with E-state index in [0.717, 1.165) is 6.26 Å².